The second kappa shape index (κ2) is 20.1. The summed E-state index contributed by atoms with van der Waals surface area (Å²) in [4.78, 5) is 8.92. The first kappa shape index (κ1) is 31.2. The number of hydrogen-bond acceptors (Lipinski definition) is 3. The van der Waals surface area contributed by atoms with E-state index in [1.165, 1.54) is 89.0 Å². The molecule has 1 heterocycles. The van der Waals surface area contributed by atoms with Gasteiger partial charge in [-0.25, -0.2) is 14.4 Å². The van der Waals surface area contributed by atoms with E-state index in [1.807, 2.05) is 0 Å². The van der Waals surface area contributed by atoms with Gasteiger partial charge in [0.2, 0.25) is 0 Å². The van der Waals surface area contributed by atoms with Crippen molar-refractivity contribution < 1.29 is 9.13 Å². The predicted molar refractivity (Wildman–Crippen MR) is 156 cm³/mol. The molecule has 0 aliphatic carbocycles. The van der Waals surface area contributed by atoms with Crippen LogP contribution in [-0.4, -0.2) is 22.7 Å². The van der Waals surface area contributed by atoms with Crippen LogP contribution in [0, 0.1) is 5.92 Å². The fraction of sp³-hybridized carbons (Fsp3) is 0.697. The van der Waals surface area contributed by atoms with E-state index in [-0.39, 0.29) is 0 Å². The fourth-order valence-electron chi connectivity index (χ4n) is 4.79. The standard InChI is InChI=1S/C33H53FN2O/c1-4-6-8-9-10-11-12-13-14-15-17-29-19-21-30(22-20-29)33-35-26-32(27-36-33)37-25-24-31(34)23-18-28(3)16-7-5-2/h19-22,26-28,31H,4-18,23-25H2,1-3H3. The molecule has 0 saturated carbocycles. The van der Waals surface area contributed by atoms with E-state index in [4.69, 9.17) is 4.74 Å². The first-order valence-electron chi connectivity index (χ1n) is 15.3. The minimum atomic E-state index is -0.803. The molecule has 0 spiro atoms. The van der Waals surface area contributed by atoms with Gasteiger partial charge in [-0.3, -0.25) is 0 Å². The molecule has 1 aromatic carbocycles. The molecule has 0 fully saturated rings. The van der Waals surface area contributed by atoms with Crippen molar-refractivity contribution in [1.82, 2.24) is 9.97 Å². The summed E-state index contributed by atoms with van der Waals surface area (Å²) in [5, 5.41) is 0. The summed E-state index contributed by atoms with van der Waals surface area (Å²) in [6, 6.07) is 8.61. The topological polar surface area (TPSA) is 35.0 Å². The fourth-order valence-corrected chi connectivity index (χ4v) is 4.79. The minimum absolute atomic E-state index is 0.362. The van der Waals surface area contributed by atoms with E-state index in [9.17, 15) is 4.39 Å². The van der Waals surface area contributed by atoms with Crippen LogP contribution >= 0.6 is 0 Å². The normalized spacial score (nSPS) is 13.0. The van der Waals surface area contributed by atoms with Crippen molar-refractivity contribution in [2.24, 2.45) is 5.92 Å². The Hall–Kier alpha value is -1.97. The summed E-state index contributed by atoms with van der Waals surface area (Å²) >= 11 is 0. The number of rotatable bonds is 22. The van der Waals surface area contributed by atoms with E-state index >= 15 is 0 Å². The van der Waals surface area contributed by atoms with Crippen molar-refractivity contribution in [3.05, 3.63) is 42.2 Å². The number of halogens is 1. The average Bonchev–Trinajstić information content (AvgIpc) is 2.92. The third kappa shape index (κ3) is 14.5. The van der Waals surface area contributed by atoms with Gasteiger partial charge in [0.15, 0.2) is 11.6 Å². The molecule has 0 bridgehead atoms. The number of unbranched alkanes of at least 4 members (excludes halogenated alkanes) is 10. The molecule has 0 aliphatic rings. The van der Waals surface area contributed by atoms with Crippen LogP contribution in [0.4, 0.5) is 4.39 Å². The van der Waals surface area contributed by atoms with Crippen molar-refractivity contribution in [3.63, 3.8) is 0 Å². The molecule has 2 aromatic rings. The van der Waals surface area contributed by atoms with Crippen LogP contribution in [0.3, 0.4) is 0 Å². The highest BCUT2D eigenvalue weighted by molar-refractivity contribution is 5.55. The lowest BCUT2D eigenvalue weighted by Gasteiger charge is -2.13. The summed E-state index contributed by atoms with van der Waals surface area (Å²) < 4.78 is 19.9. The molecule has 2 rings (SSSR count). The Kier molecular flexibility index (Phi) is 16.9. The minimum Gasteiger partial charge on any atom is -0.490 e. The lowest BCUT2D eigenvalue weighted by Crippen LogP contribution is -2.09. The van der Waals surface area contributed by atoms with Crippen molar-refractivity contribution in [1.29, 1.82) is 0 Å². The molecule has 0 amide bonds. The maximum atomic E-state index is 14.2. The molecule has 0 N–H and O–H groups in total. The first-order valence-corrected chi connectivity index (χ1v) is 15.3. The van der Waals surface area contributed by atoms with Gasteiger partial charge in [-0.2, -0.15) is 0 Å². The van der Waals surface area contributed by atoms with Crippen molar-refractivity contribution in [3.8, 4) is 17.1 Å². The number of aryl methyl sites for hydroxylation is 1. The third-order valence-corrected chi connectivity index (χ3v) is 7.38. The van der Waals surface area contributed by atoms with Gasteiger partial charge in [-0.1, -0.05) is 122 Å². The Balaban J connectivity index is 1.60. The summed E-state index contributed by atoms with van der Waals surface area (Å²) in [7, 11) is 0. The van der Waals surface area contributed by atoms with Crippen LogP contribution in [0.5, 0.6) is 5.75 Å². The van der Waals surface area contributed by atoms with Crippen LogP contribution in [0.1, 0.15) is 129 Å². The molecular formula is C33H53FN2O. The molecule has 208 valence electrons. The van der Waals surface area contributed by atoms with Crippen LogP contribution in [-0.2, 0) is 6.42 Å². The highest BCUT2D eigenvalue weighted by atomic mass is 19.1. The number of hydrogen-bond donors (Lipinski definition) is 0. The summed E-state index contributed by atoms with van der Waals surface area (Å²) in [5.41, 5.74) is 2.39. The second-order valence-corrected chi connectivity index (χ2v) is 10.9. The predicted octanol–water partition coefficient (Wildman–Crippen LogP) is 10.3. The highest BCUT2D eigenvalue weighted by Crippen LogP contribution is 2.20. The van der Waals surface area contributed by atoms with Crippen molar-refractivity contribution >= 4 is 0 Å². The van der Waals surface area contributed by atoms with Gasteiger partial charge < -0.3 is 4.74 Å². The third-order valence-electron chi connectivity index (χ3n) is 7.38. The zero-order chi connectivity index (χ0) is 26.6. The molecule has 1 aromatic heterocycles. The van der Waals surface area contributed by atoms with Gasteiger partial charge in [-0.05, 0) is 37.2 Å². The maximum Gasteiger partial charge on any atom is 0.159 e. The van der Waals surface area contributed by atoms with Crippen LogP contribution in [0.15, 0.2) is 36.7 Å². The smallest absolute Gasteiger partial charge is 0.159 e. The Morgan fingerprint density at radius 1 is 0.703 bits per heavy atom. The number of alkyl halides is 1. The monoisotopic (exact) mass is 512 g/mol. The molecule has 0 aliphatic heterocycles. The van der Waals surface area contributed by atoms with Gasteiger partial charge in [0.05, 0.1) is 19.0 Å². The highest BCUT2D eigenvalue weighted by Gasteiger charge is 2.10. The number of nitrogens with zero attached hydrogens (tertiary/aromatic N) is 2. The van der Waals surface area contributed by atoms with Gasteiger partial charge in [0.1, 0.15) is 6.17 Å². The van der Waals surface area contributed by atoms with E-state index in [0.29, 0.717) is 36.9 Å². The van der Waals surface area contributed by atoms with Gasteiger partial charge in [0, 0.05) is 12.0 Å². The number of benzene rings is 1. The molecule has 2 unspecified atom stereocenters. The quantitative estimate of drug-likeness (QED) is 0.147. The second-order valence-electron chi connectivity index (χ2n) is 10.9. The lowest BCUT2D eigenvalue weighted by atomic mass is 9.97. The van der Waals surface area contributed by atoms with E-state index in [2.05, 4.69) is 55.0 Å². The lowest BCUT2D eigenvalue weighted by molar-refractivity contribution is 0.215. The first-order chi connectivity index (χ1) is 18.1. The molecule has 3 nitrogen and oxygen atoms in total. The Bertz CT molecular complexity index is 793. The molecule has 2 atom stereocenters. The molecule has 4 heteroatoms. The van der Waals surface area contributed by atoms with Crippen molar-refractivity contribution in [2.75, 3.05) is 6.61 Å². The van der Waals surface area contributed by atoms with Gasteiger partial charge in [-0.15, -0.1) is 0 Å². The maximum absolute atomic E-state index is 14.2. The Morgan fingerprint density at radius 3 is 1.92 bits per heavy atom. The zero-order valence-electron chi connectivity index (χ0n) is 24.0. The Morgan fingerprint density at radius 2 is 1.30 bits per heavy atom. The van der Waals surface area contributed by atoms with Crippen LogP contribution in [0.2, 0.25) is 0 Å². The van der Waals surface area contributed by atoms with Crippen LogP contribution < -0.4 is 4.74 Å². The summed E-state index contributed by atoms with van der Waals surface area (Å²) in [5.74, 6) is 1.90. The van der Waals surface area contributed by atoms with Crippen LogP contribution in [0.25, 0.3) is 11.4 Å². The summed E-state index contributed by atoms with van der Waals surface area (Å²) in [6.07, 6.45) is 23.1. The zero-order valence-corrected chi connectivity index (χ0v) is 24.0. The molecule has 0 radical (unpaired) electrons. The van der Waals surface area contributed by atoms with E-state index in [0.717, 1.165) is 18.4 Å². The van der Waals surface area contributed by atoms with Gasteiger partial charge >= 0.3 is 0 Å². The Labute approximate surface area is 227 Å². The molecule has 0 saturated heterocycles. The largest absolute Gasteiger partial charge is 0.490 e. The van der Waals surface area contributed by atoms with Gasteiger partial charge in [0.25, 0.3) is 0 Å². The average molecular weight is 513 g/mol. The van der Waals surface area contributed by atoms with E-state index < -0.39 is 6.17 Å². The number of ether oxygens (including phenoxy) is 1. The SMILES string of the molecule is CCCCCCCCCCCCc1ccc(-c2ncc(OCCC(F)CCC(C)CCCC)cn2)cc1. The van der Waals surface area contributed by atoms with Crippen molar-refractivity contribution in [2.45, 2.75) is 136 Å². The van der Waals surface area contributed by atoms with E-state index in [1.54, 1.807) is 12.4 Å². The summed E-state index contributed by atoms with van der Waals surface area (Å²) in [6.45, 7) is 7.07. The molecular weight excluding hydrogens is 459 g/mol. The number of aromatic nitrogens is 2. The molecule has 37 heavy (non-hydrogen) atoms.